The third-order valence-electron chi connectivity index (χ3n) is 2.55. The Hall–Kier alpha value is -2.62. The number of hydrogen-bond acceptors (Lipinski definition) is 2. The van der Waals surface area contributed by atoms with Crippen LogP contribution in [0.3, 0.4) is 0 Å². The van der Waals surface area contributed by atoms with Crippen LogP contribution in [0.4, 0.5) is 16.2 Å². The lowest BCUT2D eigenvalue weighted by Gasteiger charge is -2.08. The Kier molecular flexibility index (Phi) is 3.93. The number of hydrogen-bond donors (Lipinski definition) is 2. The van der Waals surface area contributed by atoms with Gasteiger partial charge < -0.3 is 10.6 Å². The molecular weight excluding hydrogens is 238 g/mol. The smallest absolute Gasteiger partial charge is 0.308 e. The Balaban J connectivity index is 1.97. The van der Waals surface area contributed by atoms with E-state index in [-0.39, 0.29) is 6.03 Å². The second-order valence-corrected chi connectivity index (χ2v) is 4.18. The fourth-order valence-electron chi connectivity index (χ4n) is 1.57. The molecule has 96 valence electrons. The second-order valence-electron chi connectivity index (χ2n) is 4.18. The molecule has 1 aromatic carbocycles. The number of nitrogens with one attached hydrogen (secondary N) is 2. The van der Waals surface area contributed by atoms with Crippen LogP contribution in [0.1, 0.15) is 12.5 Å². The van der Waals surface area contributed by atoms with Gasteiger partial charge in [0.25, 0.3) is 0 Å². The van der Waals surface area contributed by atoms with E-state index in [9.17, 15) is 4.79 Å². The maximum absolute atomic E-state index is 11.7. The Morgan fingerprint density at radius 3 is 2.37 bits per heavy atom. The number of nitrogens with zero attached hydrogens (tertiary/aromatic N) is 1. The topological polar surface area (TPSA) is 54.0 Å². The Morgan fingerprint density at radius 2 is 1.79 bits per heavy atom. The number of carbonyl (C=O) groups excluding carboxylic acids is 1. The van der Waals surface area contributed by atoms with Gasteiger partial charge in [-0.3, -0.25) is 4.98 Å². The molecule has 0 aliphatic carbocycles. The van der Waals surface area contributed by atoms with Gasteiger partial charge in [-0.2, -0.15) is 0 Å². The average Bonchev–Trinajstić information content (AvgIpc) is 2.40. The van der Waals surface area contributed by atoms with E-state index in [1.807, 2.05) is 31.2 Å². The first-order valence-electron chi connectivity index (χ1n) is 5.89. The van der Waals surface area contributed by atoms with E-state index >= 15 is 0 Å². The van der Waals surface area contributed by atoms with Gasteiger partial charge in [-0.05, 0) is 36.8 Å². The first kappa shape index (κ1) is 12.8. The van der Waals surface area contributed by atoms with Crippen LogP contribution in [0.2, 0.25) is 0 Å². The van der Waals surface area contributed by atoms with E-state index in [2.05, 4.69) is 22.2 Å². The standard InChI is InChI=1S/C15H15N3O/c1-11(2)12-5-7-13(8-6-12)17-15(19)18-14-4-3-9-16-10-14/h3-10H,1H2,2H3,(H2,17,18,19). The number of pyridine rings is 1. The minimum atomic E-state index is -0.295. The van der Waals surface area contributed by atoms with Gasteiger partial charge in [0.05, 0.1) is 11.9 Å². The number of amides is 2. The number of allylic oxidation sites excluding steroid dienone is 1. The van der Waals surface area contributed by atoms with Crippen LogP contribution in [-0.2, 0) is 0 Å². The van der Waals surface area contributed by atoms with Crippen molar-refractivity contribution >= 4 is 23.0 Å². The fraction of sp³-hybridized carbons (Fsp3) is 0.0667. The van der Waals surface area contributed by atoms with Crippen LogP contribution in [0.15, 0.2) is 55.4 Å². The van der Waals surface area contributed by atoms with Crippen molar-refractivity contribution in [3.63, 3.8) is 0 Å². The summed E-state index contributed by atoms with van der Waals surface area (Å²) in [5.74, 6) is 0. The molecule has 0 bridgehead atoms. The Bertz CT molecular complexity index is 576. The van der Waals surface area contributed by atoms with Crippen molar-refractivity contribution < 1.29 is 4.79 Å². The van der Waals surface area contributed by atoms with Gasteiger partial charge in [0.2, 0.25) is 0 Å². The molecule has 0 atom stereocenters. The summed E-state index contributed by atoms with van der Waals surface area (Å²) < 4.78 is 0. The normalized spacial score (nSPS) is 9.74. The average molecular weight is 253 g/mol. The SMILES string of the molecule is C=C(C)c1ccc(NC(=O)Nc2cccnc2)cc1. The molecule has 2 rings (SSSR count). The molecule has 2 N–H and O–H groups in total. The molecule has 0 fully saturated rings. The molecule has 0 aliphatic rings. The van der Waals surface area contributed by atoms with Gasteiger partial charge in [0.1, 0.15) is 0 Å². The maximum atomic E-state index is 11.7. The predicted molar refractivity (Wildman–Crippen MR) is 78.0 cm³/mol. The fourth-order valence-corrected chi connectivity index (χ4v) is 1.57. The van der Waals surface area contributed by atoms with Gasteiger partial charge in [-0.1, -0.05) is 24.3 Å². The zero-order valence-corrected chi connectivity index (χ0v) is 10.7. The summed E-state index contributed by atoms with van der Waals surface area (Å²) in [6, 6.07) is 10.8. The van der Waals surface area contributed by atoms with Crippen molar-refractivity contribution in [3.8, 4) is 0 Å². The monoisotopic (exact) mass is 253 g/mol. The zero-order valence-electron chi connectivity index (χ0n) is 10.7. The highest BCUT2D eigenvalue weighted by atomic mass is 16.2. The quantitative estimate of drug-likeness (QED) is 0.875. The number of aromatic nitrogens is 1. The Labute approximate surface area is 112 Å². The number of carbonyl (C=O) groups is 1. The molecule has 0 saturated carbocycles. The largest absolute Gasteiger partial charge is 0.323 e. The third-order valence-corrected chi connectivity index (χ3v) is 2.55. The first-order valence-corrected chi connectivity index (χ1v) is 5.89. The number of urea groups is 1. The molecule has 1 heterocycles. The molecule has 2 aromatic rings. The first-order chi connectivity index (χ1) is 9.15. The van der Waals surface area contributed by atoms with E-state index in [1.54, 1.807) is 24.5 Å². The van der Waals surface area contributed by atoms with E-state index < -0.39 is 0 Å². The molecule has 1 aromatic heterocycles. The maximum Gasteiger partial charge on any atom is 0.323 e. The second kappa shape index (κ2) is 5.82. The minimum absolute atomic E-state index is 0.295. The van der Waals surface area contributed by atoms with Crippen LogP contribution in [-0.4, -0.2) is 11.0 Å². The Morgan fingerprint density at radius 1 is 1.11 bits per heavy atom. The lowest BCUT2D eigenvalue weighted by molar-refractivity contribution is 0.262. The lowest BCUT2D eigenvalue weighted by Crippen LogP contribution is -2.19. The molecule has 4 nitrogen and oxygen atoms in total. The summed E-state index contributed by atoms with van der Waals surface area (Å²) in [7, 11) is 0. The summed E-state index contributed by atoms with van der Waals surface area (Å²) >= 11 is 0. The summed E-state index contributed by atoms with van der Waals surface area (Å²) in [5.41, 5.74) is 3.43. The molecule has 0 spiro atoms. The zero-order chi connectivity index (χ0) is 13.7. The summed E-state index contributed by atoms with van der Waals surface area (Å²) in [5, 5.41) is 5.45. The third kappa shape index (κ3) is 3.67. The van der Waals surface area contributed by atoms with E-state index in [1.165, 1.54) is 0 Å². The van der Waals surface area contributed by atoms with Crippen molar-refractivity contribution in [1.82, 2.24) is 4.98 Å². The molecule has 0 aliphatic heterocycles. The molecule has 2 amide bonds. The van der Waals surface area contributed by atoms with Crippen LogP contribution < -0.4 is 10.6 Å². The van der Waals surface area contributed by atoms with Crippen LogP contribution >= 0.6 is 0 Å². The predicted octanol–water partition coefficient (Wildman–Crippen LogP) is 3.76. The highest BCUT2D eigenvalue weighted by Gasteiger charge is 2.02. The molecule has 19 heavy (non-hydrogen) atoms. The molecular formula is C15H15N3O. The molecule has 0 saturated heterocycles. The van der Waals surface area contributed by atoms with E-state index in [4.69, 9.17) is 0 Å². The van der Waals surface area contributed by atoms with E-state index in [0.29, 0.717) is 5.69 Å². The van der Waals surface area contributed by atoms with Gasteiger partial charge in [0, 0.05) is 11.9 Å². The summed E-state index contributed by atoms with van der Waals surface area (Å²) in [6.07, 6.45) is 3.24. The highest BCUT2D eigenvalue weighted by molar-refractivity contribution is 5.99. The molecule has 0 radical (unpaired) electrons. The minimum Gasteiger partial charge on any atom is -0.308 e. The highest BCUT2D eigenvalue weighted by Crippen LogP contribution is 2.15. The van der Waals surface area contributed by atoms with Crippen LogP contribution in [0.5, 0.6) is 0 Å². The van der Waals surface area contributed by atoms with E-state index in [0.717, 1.165) is 16.8 Å². The van der Waals surface area contributed by atoms with Crippen molar-refractivity contribution in [1.29, 1.82) is 0 Å². The number of anilines is 2. The molecule has 0 unspecified atom stereocenters. The molecule has 4 heteroatoms. The van der Waals surface area contributed by atoms with Crippen LogP contribution in [0, 0.1) is 0 Å². The summed E-state index contributed by atoms with van der Waals surface area (Å²) in [4.78, 5) is 15.7. The lowest BCUT2D eigenvalue weighted by atomic mass is 10.1. The summed E-state index contributed by atoms with van der Waals surface area (Å²) in [6.45, 7) is 5.81. The number of benzene rings is 1. The van der Waals surface area contributed by atoms with Crippen LogP contribution in [0.25, 0.3) is 5.57 Å². The van der Waals surface area contributed by atoms with Crippen molar-refractivity contribution in [2.45, 2.75) is 6.92 Å². The van der Waals surface area contributed by atoms with Gasteiger partial charge in [-0.25, -0.2) is 4.79 Å². The van der Waals surface area contributed by atoms with Crippen molar-refractivity contribution in [2.75, 3.05) is 10.6 Å². The van der Waals surface area contributed by atoms with Crippen molar-refractivity contribution in [2.24, 2.45) is 0 Å². The van der Waals surface area contributed by atoms with Gasteiger partial charge in [-0.15, -0.1) is 0 Å². The van der Waals surface area contributed by atoms with Crippen molar-refractivity contribution in [3.05, 3.63) is 60.9 Å². The van der Waals surface area contributed by atoms with Gasteiger partial charge >= 0.3 is 6.03 Å². The van der Waals surface area contributed by atoms with Gasteiger partial charge in [0.15, 0.2) is 0 Å². The number of rotatable bonds is 3.